The third-order valence-corrected chi connectivity index (χ3v) is 4.42. The predicted octanol–water partition coefficient (Wildman–Crippen LogP) is 4.49. The molecule has 2 heterocycles. The number of thioether (sulfide) groups is 1. The van der Waals surface area contributed by atoms with E-state index < -0.39 is 0 Å². The minimum absolute atomic E-state index is 0.523. The van der Waals surface area contributed by atoms with E-state index in [4.69, 9.17) is 4.42 Å². The fourth-order valence-corrected chi connectivity index (χ4v) is 2.86. The average molecular weight is 362 g/mol. The lowest BCUT2D eigenvalue weighted by molar-refractivity contribution is 0.528. The lowest BCUT2D eigenvalue weighted by Crippen LogP contribution is -1.84. The Bertz CT molecular complexity index is 743. The number of aromatic nitrogens is 3. The Morgan fingerprint density at radius 1 is 1.14 bits per heavy atom. The number of halogens is 1. The number of aryl methyl sites for hydroxylation is 1. The summed E-state index contributed by atoms with van der Waals surface area (Å²) in [6.07, 6.45) is 1.85. The molecule has 0 fully saturated rings. The Hall–Kier alpha value is -1.66. The highest BCUT2D eigenvalue weighted by atomic mass is 79.9. The molecule has 0 spiro atoms. The van der Waals surface area contributed by atoms with Crippen LogP contribution in [0.25, 0.3) is 11.5 Å². The lowest BCUT2D eigenvalue weighted by Gasteiger charge is -1.98. The normalized spacial score (nSPS) is 10.8. The smallest absolute Gasteiger partial charge is 0.248 e. The second-order valence-electron chi connectivity index (χ2n) is 4.44. The van der Waals surface area contributed by atoms with Gasteiger partial charge in [-0.15, -0.1) is 10.2 Å². The van der Waals surface area contributed by atoms with Crippen molar-refractivity contribution in [2.45, 2.75) is 17.7 Å². The van der Waals surface area contributed by atoms with Gasteiger partial charge >= 0.3 is 0 Å². The van der Waals surface area contributed by atoms with Gasteiger partial charge in [0.05, 0.1) is 16.3 Å². The van der Waals surface area contributed by atoms with Gasteiger partial charge in [0.15, 0.2) is 0 Å². The molecule has 2 aromatic heterocycles. The Morgan fingerprint density at radius 3 is 2.76 bits per heavy atom. The number of rotatable bonds is 4. The number of hydrogen-bond donors (Lipinski definition) is 0. The van der Waals surface area contributed by atoms with Crippen molar-refractivity contribution in [3.63, 3.8) is 0 Å². The molecule has 1 aromatic carbocycles. The Morgan fingerprint density at radius 2 is 2.00 bits per heavy atom. The van der Waals surface area contributed by atoms with Crippen LogP contribution in [0.3, 0.4) is 0 Å². The lowest BCUT2D eigenvalue weighted by atomic mass is 10.2. The highest BCUT2D eigenvalue weighted by molar-refractivity contribution is 9.10. The van der Waals surface area contributed by atoms with E-state index in [1.54, 1.807) is 11.8 Å². The van der Waals surface area contributed by atoms with Gasteiger partial charge in [0.25, 0.3) is 0 Å². The molecule has 0 saturated heterocycles. The molecule has 3 aromatic rings. The molecular formula is C15H12BrN3OS. The molecular weight excluding hydrogens is 350 g/mol. The molecule has 0 aliphatic heterocycles. The third kappa shape index (κ3) is 3.51. The highest BCUT2D eigenvalue weighted by Gasteiger charge is 2.11. The van der Waals surface area contributed by atoms with Gasteiger partial charge in [0.2, 0.25) is 11.8 Å². The standard InChI is InChI=1S/C15H12BrN3OS/c1-10-6-7-14(17-8-10)21-9-13-18-19-15(20-13)11-4-2-3-5-12(11)16/h2-8H,9H2,1H3. The average Bonchev–Trinajstić information content (AvgIpc) is 2.96. The van der Waals surface area contributed by atoms with Crippen LogP contribution in [0, 0.1) is 6.92 Å². The van der Waals surface area contributed by atoms with Crippen LogP contribution in [0.4, 0.5) is 0 Å². The van der Waals surface area contributed by atoms with Crippen molar-refractivity contribution in [3.8, 4) is 11.5 Å². The van der Waals surface area contributed by atoms with E-state index in [-0.39, 0.29) is 0 Å². The zero-order chi connectivity index (χ0) is 14.7. The zero-order valence-electron chi connectivity index (χ0n) is 11.3. The maximum Gasteiger partial charge on any atom is 0.248 e. The van der Waals surface area contributed by atoms with Crippen LogP contribution >= 0.6 is 27.7 Å². The maximum absolute atomic E-state index is 5.70. The molecule has 106 valence electrons. The molecule has 0 aliphatic carbocycles. The Balaban J connectivity index is 1.71. The van der Waals surface area contributed by atoms with Gasteiger partial charge in [0, 0.05) is 10.7 Å². The molecule has 0 bridgehead atoms. The molecule has 0 saturated carbocycles. The van der Waals surface area contributed by atoms with Crippen molar-refractivity contribution in [3.05, 3.63) is 58.5 Å². The van der Waals surface area contributed by atoms with Crippen molar-refractivity contribution in [1.82, 2.24) is 15.2 Å². The van der Waals surface area contributed by atoms with E-state index in [0.717, 1.165) is 20.6 Å². The van der Waals surface area contributed by atoms with E-state index >= 15 is 0 Å². The van der Waals surface area contributed by atoms with Gasteiger partial charge in [-0.2, -0.15) is 0 Å². The Kier molecular flexibility index (Phi) is 4.36. The first-order chi connectivity index (χ1) is 10.2. The summed E-state index contributed by atoms with van der Waals surface area (Å²) < 4.78 is 6.63. The number of nitrogens with zero attached hydrogens (tertiary/aromatic N) is 3. The molecule has 0 atom stereocenters. The quantitative estimate of drug-likeness (QED) is 0.640. The van der Waals surface area contributed by atoms with Crippen molar-refractivity contribution in [1.29, 1.82) is 0 Å². The van der Waals surface area contributed by atoms with Crippen molar-refractivity contribution in [2.24, 2.45) is 0 Å². The summed E-state index contributed by atoms with van der Waals surface area (Å²) in [5, 5.41) is 9.12. The highest BCUT2D eigenvalue weighted by Crippen LogP contribution is 2.28. The fourth-order valence-electron chi connectivity index (χ4n) is 1.73. The van der Waals surface area contributed by atoms with Crippen LogP contribution in [0.2, 0.25) is 0 Å². The van der Waals surface area contributed by atoms with Crippen LogP contribution in [0.5, 0.6) is 0 Å². The van der Waals surface area contributed by atoms with Gasteiger partial charge in [-0.05, 0) is 46.6 Å². The Labute approximate surface area is 135 Å². The summed E-state index contributed by atoms with van der Waals surface area (Å²) in [6.45, 7) is 2.02. The molecule has 0 amide bonds. The van der Waals surface area contributed by atoms with Crippen molar-refractivity contribution >= 4 is 27.7 Å². The number of benzene rings is 1. The molecule has 21 heavy (non-hydrogen) atoms. The van der Waals surface area contributed by atoms with Gasteiger partial charge < -0.3 is 4.42 Å². The van der Waals surface area contributed by atoms with Gasteiger partial charge in [-0.1, -0.05) is 30.0 Å². The maximum atomic E-state index is 5.70. The fraction of sp³-hybridized carbons (Fsp3) is 0.133. The molecule has 6 heteroatoms. The first-order valence-electron chi connectivity index (χ1n) is 6.35. The second kappa shape index (κ2) is 6.41. The third-order valence-electron chi connectivity index (χ3n) is 2.80. The molecule has 0 N–H and O–H groups in total. The van der Waals surface area contributed by atoms with Crippen LogP contribution in [0.1, 0.15) is 11.5 Å². The van der Waals surface area contributed by atoms with Crippen LogP contribution in [-0.2, 0) is 5.75 Å². The van der Waals surface area contributed by atoms with E-state index in [1.165, 1.54) is 0 Å². The molecule has 0 aliphatic rings. The summed E-state index contributed by atoms with van der Waals surface area (Å²) in [4.78, 5) is 4.34. The summed E-state index contributed by atoms with van der Waals surface area (Å²) >= 11 is 5.06. The summed E-state index contributed by atoms with van der Waals surface area (Å²) in [5.41, 5.74) is 2.04. The van der Waals surface area contributed by atoms with E-state index in [1.807, 2.05) is 49.5 Å². The minimum atomic E-state index is 0.523. The van der Waals surface area contributed by atoms with E-state index in [0.29, 0.717) is 17.5 Å². The summed E-state index contributed by atoms with van der Waals surface area (Å²) in [5.74, 6) is 1.72. The zero-order valence-corrected chi connectivity index (χ0v) is 13.7. The van der Waals surface area contributed by atoms with Crippen molar-refractivity contribution in [2.75, 3.05) is 0 Å². The monoisotopic (exact) mass is 361 g/mol. The molecule has 4 nitrogen and oxygen atoms in total. The topological polar surface area (TPSA) is 51.8 Å². The SMILES string of the molecule is Cc1ccc(SCc2nnc(-c3ccccc3Br)o2)nc1. The number of hydrogen-bond acceptors (Lipinski definition) is 5. The molecule has 0 unspecified atom stereocenters. The van der Waals surface area contributed by atoms with E-state index in [9.17, 15) is 0 Å². The van der Waals surface area contributed by atoms with Gasteiger partial charge in [0.1, 0.15) is 0 Å². The summed E-state index contributed by atoms with van der Waals surface area (Å²) in [6, 6.07) is 11.8. The van der Waals surface area contributed by atoms with Crippen LogP contribution in [-0.4, -0.2) is 15.2 Å². The van der Waals surface area contributed by atoms with E-state index in [2.05, 4.69) is 31.1 Å². The first-order valence-corrected chi connectivity index (χ1v) is 8.13. The van der Waals surface area contributed by atoms with Gasteiger partial charge in [-0.25, -0.2) is 4.98 Å². The molecule has 3 rings (SSSR count). The van der Waals surface area contributed by atoms with Crippen LogP contribution < -0.4 is 0 Å². The largest absolute Gasteiger partial charge is 0.420 e. The minimum Gasteiger partial charge on any atom is -0.420 e. The molecule has 0 radical (unpaired) electrons. The second-order valence-corrected chi connectivity index (χ2v) is 6.29. The van der Waals surface area contributed by atoms with Crippen molar-refractivity contribution < 1.29 is 4.42 Å². The van der Waals surface area contributed by atoms with Gasteiger partial charge in [-0.3, -0.25) is 0 Å². The first kappa shape index (κ1) is 14.3. The van der Waals surface area contributed by atoms with Crippen LogP contribution in [0.15, 0.2) is 56.5 Å². The predicted molar refractivity (Wildman–Crippen MR) is 86.0 cm³/mol. The number of pyridine rings is 1. The summed E-state index contributed by atoms with van der Waals surface area (Å²) in [7, 11) is 0.